The van der Waals surface area contributed by atoms with Crippen LogP contribution in [0.25, 0.3) is 65.7 Å². The minimum Gasteiger partial charge on any atom is -0.456 e. The summed E-state index contributed by atoms with van der Waals surface area (Å²) in [6.07, 6.45) is 0. The maximum atomic E-state index is 6.55. The molecule has 7 aromatic rings. The fourth-order valence-corrected chi connectivity index (χ4v) is 5.57. The molecule has 0 spiro atoms. The lowest BCUT2D eigenvalue weighted by Crippen LogP contribution is -2.47. The number of hydrogen-bond acceptors (Lipinski definition) is 1. The van der Waals surface area contributed by atoms with Crippen molar-refractivity contribution < 1.29 is 4.42 Å². The predicted octanol–water partition coefficient (Wildman–Crippen LogP) is 4.40. The van der Waals surface area contributed by atoms with E-state index in [-0.39, 0.29) is 0 Å². The van der Waals surface area contributed by atoms with Crippen LogP contribution in [-0.2, 0) is 0 Å². The molecule has 0 atom stereocenters. The highest BCUT2D eigenvalue weighted by Crippen LogP contribution is 2.44. The van der Waals surface area contributed by atoms with Gasteiger partial charge in [0.25, 0.3) is 0 Å². The Labute approximate surface area is 220 Å². The summed E-state index contributed by atoms with van der Waals surface area (Å²) in [4.78, 5) is 0. The van der Waals surface area contributed by atoms with E-state index in [1.165, 1.54) is 0 Å². The molecule has 162 valence electrons. The molecule has 0 amide bonds. The molecule has 1 nitrogen and oxygen atoms in total. The Kier molecular flexibility index (Phi) is 4.91. The van der Waals surface area contributed by atoms with Gasteiger partial charge < -0.3 is 4.42 Å². The molecule has 0 fully saturated rings. The summed E-state index contributed by atoms with van der Waals surface area (Å²) in [7, 11) is 25.2. The molecule has 0 saturated heterocycles. The first-order valence-electron chi connectivity index (χ1n) is 12.1. The Morgan fingerprint density at radius 3 is 1.62 bits per heavy atom. The van der Waals surface area contributed by atoms with Gasteiger partial charge in [-0.1, -0.05) is 84.3 Å². The highest BCUT2D eigenvalue weighted by molar-refractivity contribution is 6.63. The van der Waals surface area contributed by atoms with Crippen molar-refractivity contribution in [1.29, 1.82) is 0 Å². The van der Waals surface area contributed by atoms with Crippen LogP contribution >= 0.6 is 0 Å². The first-order chi connectivity index (χ1) is 18.0. The minimum absolute atomic E-state index is 0.310. The van der Waals surface area contributed by atoms with Crippen LogP contribution in [0.5, 0.6) is 0 Å². The largest absolute Gasteiger partial charge is 0.456 e. The van der Waals surface area contributed by atoms with Gasteiger partial charge >= 0.3 is 0 Å². The average Bonchev–Trinajstić information content (AvgIpc) is 3.30. The lowest BCUT2D eigenvalue weighted by Gasteiger charge is -2.22. The Morgan fingerprint density at radius 2 is 0.973 bits per heavy atom. The van der Waals surface area contributed by atoms with Crippen LogP contribution in [0.3, 0.4) is 0 Å². The maximum absolute atomic E-state index is 6.55. The standard InChI is InChI=1S/C32H16B4O/c33-25-16-24(30(34)32(36)31(25)35)29-21-10-3-1-8-19(21)28(20-9-2-4-11-22(20)29)17-13-14-27-23(15-17)18-7-5-6-12-26(18)37-27/h1-16H. The van der Waals surface area contributed by atoms with E-state index in [2.05, 4.69) is 60.7 Å². The third-order valence-electron chi connectivity index (χ3n) is 7.35. The second-order valence-corrected chi connectivity index (χ2v) is 9.40. The van der Waals surface area contributed by atoms with Crippen LogP contribution in [0, 0.1) is 0 Å². The van der Waals surface area contributed by atoms with Crippen LogP contribution in [0.1, 0.15) is 0 Å². The van der Waals surface area contributed by atoms with Gasteiger partial charge in [-0.3, -0.25) is 0 Å². The number of rotatable bonds is 2. The molecule has 1 aromatic heterocycles. The summed E-state index contributed by atoms with van der Waals surface area (Å²) >= 11 is 0. The Morgan fingerprint density at radius 1 is 0.432 bits per heavy atom. The van der Waals surface area contributed by atoms with Gasteiger partial charge in [-0.2, -0.15) is 0 Å². The predicted molar refractivity (Wildman–Crippen MR) is 161 cm³/mol. The Balaban J connectivity index is 1.63. The molecule has 0 bridgehead atoms. The van der Waals surface area contributed by atoms with Crippen LogP contribution < -0.4 is 21.9 Å². The van der Waals surface area contributed by atoms with Gasteiger partial charge in [0.2, 0.25) is 0 Å². The minimum atomic E-state index is 0.310. The number of fused-ring (bicyclic) bond motifs is 5. The van der Waals surface area contributed by atoms with Gasteiger partial charge in [-0.05, 0) is 62.0 Å². The van der Waals surface area contributed by atoms with E-state index >= 15 is 0 Å². The first kappa shape index (κ1) is 22.1. The monoisotopic (exact) mass is 460 g/mol. The van der Waals surface area contributed by atoms with E-state index in [1.54, 1.807) is 0 Å². The molecule has 0 N–H and O–H groups in total. The molecule has 8 radical (unpaired) electrons. The Hall–Kier alpha value is -4.10. The van der Waals surface area contributed by atoms with Gasteiger partial charge in [-0.15, -0.1) is 16.4 Å². The zero-order chi connectivity index (χ0) is 25.3. The highest BCUT2D eigenvalue weighted by atomic mass is 16.3. The van der Waals surface area contributed by atoms with E-state index in [4.69, 9.17) is 35.8 Å². The van der Waals surface area contributed by atoms with Crippen LogP contribution in [0.15, 0.2) is 101 Å². The lowest BCUT2D eigenvalue weighted by atomic mass is 9.64. The summed E-state index contributed by atoms with van der Waals surface area (Å²) in [5.74, 6) is 0. The number of hydrogen-bond donors (Lipinski definition) is 0. The molecule has 0 aliphatic carbocycles. The second-order valence-electron chi connectivity index (χ2n) is 9.40. The van der Waals surface area contributed by atoms with E-state index in [0.29, 0.717) is 21.9 Å². The normalized spacial score (nSPS) is 11.7. The lowest BCUT2D eigenvalue weighted by molar-refractivity contribution is 0.669. The molecule has 5 heteroatoms. The van der Waals surface area contributed by atoms with Crippen molar-refractivity contribution in [3.05, 3.63) is 97.1 Å². The average molecular weight is 460 g/mol. The van der Waals surface area contributed by atoms with Crippen molar-refractivity contribution in [3.8, 4) is 22.3 Å². The number of para-hydroxylation sites is 1. The third kappa shape index (κ3) is 3.23. The summed E-state index contributed by atoms with van der Waals surface area (Å²) in [6, 6.07) is 33.1. The molecular weight excluding hydrogens is 444 g/mol. The quantitative estimate of drug-likeness (QED) is 0.276. The van der Waals surface area contributed by atoms with E-state index in [0.717, 1.165) is 65.7 Å². The number of benzene rings is 6. The molecule has 0 unspecified atom stereocenters. The molecule has 1 heterocycles. The molecular formula is C32H16B4O. The van der Waals surface area contributed by atoms with E-state index in [9.17, 15) is 0 Å². The van der Waals surface area contributed by atoms with Gasteiger partial charge in [0, 0.05) is 10.8 Å². The summed E-state index contributed by atoms with van der Waals surface area (Å²) < 4.78 is 6.09. The van der Waals surface area contributed by atoms with Crippen molar-refractivity contribution in [2.24, 2.45) is 0 Å². The van der Waals surface area contributed by atoms with Crippen molar-refractivity contribution in [2.75, 3.05) is 0 Å². The Bertz CT molecular complexity index is 1980. The van der Waals surface area contributed by atoms with Crippen molar-refractivity contribution in [1.82, 2.24) is 0 Å². The smallest absolute Gasteiger partial charge is 0.135 e. The zero-order valence-electron chi connectivity index (χ0n) is 20.0. The summed E-state index contributed by atoms with van der Waals surface area (Å²) in [5, 5.41) is 6.53. The molecule has 37 heavy (non-hydrogen) atoms. The topological polar surface area (TPSA) is 13.1 Å². The van der Waals surface area contributed by atoms with Gasteiger partial charge in [0.1, 0.15) is 42.6 Å². The van der Waals surface area contributed by atoms with Gasteiger partial charge in [0.05, 0.1) is 0 Å². The van der Waals surface area contributed by atoms with Crippen molar-refractivity contribution in [3.63, 3.8) is 0 Å². The van der Waals surface area contributed by atoms with Crippen molar-refractivity contribution >= 4 is 96.7 Å². The number of furan rings is 1. The molecule has 0 aliphatic rings. The van der Waals surface area contributed by atoms with Gasteiger partial charge in [0.15, 0.2) is 0 Å². The van der Waals surface area contributed by atoms with Crippen molar-refractivity contribution in [2.45, 2.75) is 0 Å². The molecule has 0 saturated carbocycles. The van der Waals surface area contributed by atoms with Crippen LogP contribution in [0.4, 0.5) is 0 Å². The SMILES string of the molecule is [B]c1cc(-c2c3ccccc3c(-c3ccc4oc5ccccc5c4c3)c3ccccc23)c([B])c([B])c1[B]. The van der Waals surface area contributed by atoms with E-state index < -0.39 is 0 Å². The maximum Gasteiger partial charge on any atom is 0.135 e. The summed E-state index contributed by atoms with van der Waals surface area (Å²) in [6.45, 7) is 0. The molecule has 6 aromatic carbocycles. The fraction of sp³-hybridized carbons (Fsp3) is 0. The van der Waals surface area contributed by atoms with Crippen LogP contribution in [0.2, 0.25) is 0 Å². The zero-order valence-corrected chi connectivity index (χ0v) is 20.0. The first-order valence-corrected chi connectivity index (χ1v) is 12.1. The summed E-state index contributed by atoms with van der Waals surface area (Å²) in [5.41, 5.74) is 7.25. The molecule has 0 aliphatic heterocycles. The highest BCUT2D eigenvalue weighted by Gasteiger charge is 2.19. The van der Waals surface area contributed by atoms with E-state index in [1.807, 2.05) is 36.4 Å². The third-order valence-corrected chi connectivity index (χ3v) is 7.35. The molecule has 7 rings (SSSR count). The van der Waals surface area contributed by atoms with Gasteiger partial charge in [-0.25, -0.2) is 0 Å². The fourth-order valence-electron chi connectivity index (χ4n) is 5.57. The van der Waals surface area contributed by atoms with Crippen LogP contribution in [-0.4, -0.2) is 31.4 Å². The second kappa shape index (κ2) is 8.21.